The molecule has 0 spiro atoms. The Bertz CT molecular complexity index is 1260. The number of benzene rings is 2. The first-order chi connectivity index (χ1) is 18.0. The lowest BCUT2D eigenvalue weighted by molar-refractivity contribution is -0.135. The van der Waals surface area contributed by atoms with Crippen LogP contribution in [0.1, 0.15) is 45.2 Å². The molecule has 6 nitrogen and oxygen atoms in total. The lowest BCUT2D eigenvalue weighted by Crippen LogP contribution is -2.49. The van der Waals surface area contributed by atoms with Gasteiger partial charge in [-0.1, -0.05) is 24.3 Å². The van der Waals surface area contributed by atoms with Crippen molar-refractivity contribution >= 4 is 23.2 Å². The van der Waals surface area contributed by atoms with Gasteiger partial charge in [0.05, 0.1) is 12.1 Å². The van der Waals surface area contributed by atoms with Crippen LogP contribution in [0.2, 0.25) is 0 Å². The van der Waals surface area contributed by atoms with Gasteiger partial charge in [-0.3, -0.25) is 9.59 Å². The van der Waals surface area contributed by atoms with Crippen LogP contribution in [-0.4, -0.2) is 60.6 Å². The van der Waals surface area contributed by atoms with E-state index in [9.17, 15) is 14.0 Å². The predicted octanol–water partition coefficient (Wildman–Crippen LogP) is 5.02. The maximum atomic E-state index is 13.9. The molecule has 1 saturated heterocycles. The molecular formula is C29H31FN2O4S. The fourth-order valence-corrected chi connectivity index (χ4v) is 6.00. The van der Waals surface area contributed by atoms with Gasteiger partial charge < -0.3 is 19.3 Å². The first-order valence-electron chi connectivity index (χ1n) is 12.7. The lowest BCUT2D eigenvalue weighted by Gasteiger charge is -2.37. The van der Waals surface area contributed by atoms with Gasteiger partial charge >= 0.3 is 0 Å². The van der Waals surface area contributed by atoms with Crippen molar-refractivity contribution < 1.29 is 23.5 Å². The fourth-order valence-electron chi connectivity index (χ4n) is 5.07. The average molecular weight is 523 g/mol. The second kappa shape index (κ2) is 11.4. The molecule has 5 rings (SSSR count). The van der Waals surface area contributed by atoms with Crippen molar-refractivity contribution in [1.29, 1.82) is 0 Å². The zero-order valence-corrected chi connectivity index (χ0v) is 21.7. The highest BCUT2D eigenvalue weighted by atomic mass is 32.1. The molecule has 2 atom stereocenters. The molecule has 0 radical (unpaired) electrons. The van der Waals surface area contributed by atoms with Crippen molar-refractivity contribution in [2.45, 2.75) is 38.3 Å². The number of amides is 2. The van der Waals surface area contributed by atoms with Crippen LogP contribution in [0.5, 0.6) is 5.75 Å². The second-order valence-electron chi connectivity index (χ2n) is 9.56. The molecule has 2 aliphatic rings. The molecule has 2 aliphatic heterocycles. The topological polar surface area (TPSA) is 59.1 Å². The van der Waals surface area contributed by atoms with Gasteiger partial charge in [0.1, 0.15) is 24.7 Å². The number of nitrogens with zero attached hydrogens (tertiary/aromatic N) is 2. The standard InChI is InChI=1S/C29H31FN2O4S/c1-20-6-2-3-10-26(20)36-19-25-24-12-15-37-27(24)11-13-32(25)28(33)18-31(17-23-9-5-14-35-23)29(34)21-7-4-8-22(30)16-21/h2-4,6-8,10,12,15-16,23,25H,5,9,11,13-14,17-19H2,1H3. The van der Waals surface area contributed by atoms with E-state index >= 15 is 0 Å². The summed E-state index contributed by atoms with van der Waals surface area (Å²) in [6.45, 7) is 3.71. The Kier molecular flexibility index (Phi) is 7.86. The summed E-state index contributed by atoms with van der Waals surface area (Å²) in [6.07, 6.45) is 2.39. The van der Waals surface area contributed by atoms with Crippen LogP contribution in [0.15, 0.2) is 60.0 Å². The number of aryl methyl sites for hydroxylation is 1. The van der Waals surface area contributed by atoms with E-state index in [0.29, 0.717) is 26.3 Å². The van der Waals surface area contributed by atoms with Crippen LogP contribution in [0.3, 0.4) is 0 Å². The third kappa shape index (κ3) is 5.86. The normalized spacial score (nSPS) is 18.9. The van der Waals surface area contributed by atoms with Crippen molar-refractivity contribution in [1.82, 2.24) is 9.80 Å². The van der Waals surface area contributed by atoms with E-state index in [0.717, 1.165) is 36.1 Å². The van der Waals surface area contributed by atoms with Crippen LogP contribution < -0.4 is 4.74 Å². The maximum Gasteiger partial charge on any atom is 0.254 e. The molecule has 0 N–H and O–H groups in total. The molecule has 8 heteroatoms. The summed E-state index contributed by atoms with van der Waals surface area (Å²) < 4.78 is 25.8. The Morgan fingerprint density at radius 2 is 2.05 bits per heavy atom. The maximum absolute atomic E-state index is 13.9. The number of carbonyl (C=O) groups excluding carboxylic acids is 2. The molecule has 1 fully saturated rings. The number of rotatable bonds is 8. The van der Waals surface area contributed by atoms with Crippen molar-refractivity contribution in [2.75, 3.05) is 32.8 Å². The van der Waals surface area contributed by atoms with E-state index in [1.807, 2.05) is 36.1 Å². The first-order valence-corrected chi connectivity index (χ1v) is 13.6. The quantitative estimate of drug-likeness (QED) is 0.417. The van der Waals surface area contributed by atoms with Gasteiger partial charge in [0, 0.05) is 30.1 Å². The summed E-state index contributed by atoms with van der Waals surface area (Å²) >= 11 is 1.70. The minimum atomic E-state index is -0.483. The summed E-state index contributed by atoms with van der Waals surface area (Å²) in [4.78, 5) is 31.8. The molecule has 37 heavy (non-hydrogen) atoms. The first kappa shape index (κ1) is 25.4. The summed E-state index contributed by atoms with van der Waals surface area (Å²) in [5, 5.41) is 2.05. The molecule has 0 aliphatic carbocycles. The molecule has 1 aromatic heterocycles. The number of halogens is 1. The molecule has 0 bridgehead atoms. The van der Waals surface area contributed by atoms with E-state index < -0.39 is 5.82 Å². The van der Waals surface area contributed by atoms with Gasteiger partial charge in [-0.25, -0.2) is 4.39 Å². The lowest BCUT2D eigenvalue weighted by atomic mass is 10.00. The van der Waals surface area contributed by atoms with Crippen molar-refractivity contribution in [3.8, 4) is 5.75 Å². The van der Waals surface area contributed by atoms with E-state index in [-0.39, 0.29) is 36.1 Å². The van der Waals surface area contributed by atoms with Crippen LogP contribution in [0, 0.1) is 12.7 Å². The number of para-hydroxylation sites is 1. The molecule has 0 saturated carbocycles. The van der Waals surface area contributed by atoms with Crippen molar-refractivity contribution in [2.24, 2.45) is 0 Å². The van der Waals surface area contributed by atoms with E-state index in [4.69, 9.17) is 9.47 Å². The van der Waals surface area contributed by atoms with Gasteiger partial charge in [0.2, 0.25) is 5.91 Å². The van der Waals surface area contributed by atoms with Crippen molar-refractivity contribution in [3.63, 3.8) is 0 Å². The third-order valence-corrected chi connectivity index (χ3v) is 8.03. The molecule has 3 aromatic rings. The molecule has 194 valence electrons. The van der Waals surface area contributed by atoms with Crippen LogP contribution >= 0.6 is 11.3 Å². The molecule has 2 amide bonds. The zero-order valence-electron chi connectivity index (χ0n) is 20.9. The number of hydrogen-bond donors (Lipinski definition) is 0. The zero-order chi connectivity index (χ0) is 25.8. The monoisotopic (exact) mass is 522 g/mol. The molecular weight excluding hydrogens is 491 g/mol. The fraction of sp³-hybridized carbons (Fsp3) is 0.379. The van der Waals surface area contributed by atoms with Gasteiger partial charge in [0.15, 0.2) is 0 Å². The number of hydrogen-bond acceptors (Lipinski definition) is 5. The number of carbonyl (C=O) groups is 2. The smallest absolute Gasteiger partial charge is 0.254 e. The van der Waals surface area contributed by atoms with Gasteiger partial charge in [0.25, 0.3) is 5.91 Å². The Hall–Kier alpha value is -3.23. The Morgan fingerprint density at radius 1 is 1.19 bits per heavy atom. The third-order valence-electron chi connectivity index (χ3n) is 7.04. The molecule has 3 heterocycles. The summed E-state index contributed by atoms with van der Waals surface area (Å²) in [5.74, 6) is -0.218. The number of thiophene rings is 1. The largest absolute Gasteiger partial charge is 0.491 e. The summed E-state index contributed by atoms with van der Waals surface area (Å²) in [5.41, 5.74) is 2.36. The van der Waals surface area contributed by atoms with E-state index in [1.54, 1.807) is 17.4 Å². The predicted molar refractivity (Wildman–Crippen MR) is 140 cm³/mol. The van der Waals surface area contributed by atoms with Crippen molar-refractivity contribution in [3.05, 3.63) is 87.4 Å². The number of ether oxygens (including phenoxy) is 2. The minimum absolute atomic E-state index is 0.102. The minimum Gasteiger partial charge on any atom is -0.491 e. The molecule has 2 aromatic carbocycles. The molecule has 2 unspecified atom stereocenters. The van der Waals surface area contributed by atoms with E-state index in [2.05, 4.69) is 11.4 Å². The van der Waals surface area contributed by atoms with Gasteiger partial charge in [-0.2, -0.15) is 0 Å². The van der Waals surface area contributed by atoms with E-state index in [1.165, 1.54) is 28.0 Å². The highest BCUT2D eigenvalue weighted by Gasteiger charge is 2.34. The number of fused-ring (bicyclic) bond motifs is 1. The second-order valence-corrected chi connectivity index (χ2v) is 10.6. The Labute approximate surface area is 220 Å². The Balaban J connectivity index is 1.36. The van der Waals surface area contributed by atoms with Crippen LogP contribution in [0.25, 0.3) is 0 Å². The van der Waals surface area contributed by atoms with Crippen LogP contribution in [-0.2, 0) is 16.0 Å². The van der Waals surface area contributed by atoms with Gasteiger partial charge in [-0.15, -0.1) is 11.3 Å². The summed E-state index contributed by atoms with van der Waals surface area (Å²) in [6, 6.07) is 15.2. The highest BCUT2D eigenvalue weighted by molar-refractivity contribution is 7.10. The highest BCUT2D eigenvalue weighted by Crippen LogP contribution is 2.34. The Morgan fingerprint density at radius 3 is 2.84 bits per heavy atom. The SMILES string of the molecule is Cc1ccccc1OCC1c2ccsc2CCN1C(=O)CN(CC1CCCO1)C(=O)c1cccc(F)c1. The average Bonchev–Trinajstić information content (AvgIpc) is 3.59. The van der Waals surface area contributed by atoms with Gasteiger partial charge in [-0.05, 0) is 73.0 Å². The summed E-state index contributed by atoms with van der Waals surface area (Å²) in [7, 11) is 0. The van der Waals surface area contributed by atoms with Crippen LogP contribution in [0.4, 0.5) is 4.39 Å².